The van der Waals surface area contributed by atoms with Crippen molar-refractivity contribution in [3.05, 3.63) is 53.1 Å². The lowest BCUT2D eigenvalue weighted by molar-refractivity contribution is -0.117. The molecule has 7 heteroatoms. The monoisotopic (exact) mass is 415 g/mol. The van der Waals surface area contributed by atoms with Crippen LogP contribution in [0.5, 0.6) is 0 Å². The first kappa shape index (κ1) is 19.3. The minimum absolute atomic E-state index is 0.110. The van der Waals surface area contributed by atoms with Gasteiger partial charge in [0.05, 0.1) is 22.9 Å². The molecule has 2 aromatic carbocycles. The smallest absolute Gasteiger partial charge is 0.240 e. The number of methoxy groups -OCH3 is 1. The van der Waals surface area contributed by atoms with E-state index in [1.54, 1.807) is 7.11 Å². The Balaban J connectivity index is 1.59. The number of thioether (sulfide) groups is 1. The number of para-hydroxylation sites is 1. The van der Waals surface area contributed by atoms with Gasteiger partial charge in [0.25, 0.3) is 0 Å². The second-order valence-electron chi connectivity index (χ2n) is 6.80. The van der Waals surface area contributed by atoms with Gasteiger partial charge in [-0.2, -0.15) is 0 Å². The van der Waals surface area contributed by atoms with Gasteiger partial charge in [-0.3, -0.25) is 4.79 Å². The summed E-state index contributed by atoms with van der Waals surface area (Å²) < 4.78 is 7.36. The number of halogens is 1. The van der Waals surface area contributed by atoms with E-state index in [4.69, 9.17) is 21.3 Å². The number of rotatable bonds is 6. The van der Waals surface area contributed by atoms with Gasteiger partial charge in [-0.15, -0.1) is 0 Å². The Labute approximate surface area is 173 Å². The zero-order valence-corrected chi connectivity index (χ0v) is 17.5. The predicted molar refractivity (Wildman–Crippen MR) is 114 cm³/mol. The maximum atomic E-state index is 13.1. The second-order valence-corrected chi connectivity index (χ2v) is 8.54. The number of hydrogen-bond donors (Lipinski definition) is 0. The van der Waals surface area contributed by atoms with Gasteiger partial charge in [-0.05, 0) is 43.2 Å². The Kier molecular flexibility index (Phi) is 5.62. The average Bonchev–Trinajstić information content (AvgIpc) is 3.26. The minimum atomic E-state index is -0.250. The maximum absolute atomic E-state index is 13.1. The lowest BCUT2D eigenvalue weighted by Gasteiger charge is -2.21. The third-order valence-electron chi connectivity index (χ3n) is 4.98. The van der Waals surface area contributed by atoms with E-state index >= 15 is 0 Å². The van der Waals surface area contributed by atoms with Crippen molar-refractivity contribution in [3.63, 3.8) is 0 Å². The molecule has 28 heavy (non-hydrogen) atoms. The molecule has 0 fully saturated rings. The Morgan fingerprint density at radius 1 is 1.32 bits per heavy atom. The van der Waals surface area contributed by atoms with Gasteiger partial charge in [0, 0.05) is 30.9 Å². The number of amides is 1. The van der Waals surface area contributed by atoms with Crippen molar-refractivity contribution in [2.75, 3.05) is 25.2 Å². The van der Waals surface area contributed by atoms with Crippen molar-refractivity contribution in [2.45, 2.75) is 30.3 Å². The predicted octanol–water partition coefficient (Wildman–Crippen LogP) is 4.41. The first-order valence-corrected chi connectivity index (χ1v) is 10.5. The Morgan fingerprint density at radius 3 is 2.96 bits per heavy atom. The SMILES string of the molecule is COCCn1c(SC(C)C(=O)N2CCc3ccccc32)nc2cc(Cl)ccc21. The van der Waals surface area contributed by atoms with E-state index in [1.165, 1.54) is 17.3 Å². The summed E-state index contributed by atoms with van der Waals surface area (Å²) in [5, 5.41) is 1.21. The number of carbonyl (C=O) groups excluding carboxylic acids is 1. The van der Waals surface area contributed by atoms with Gasteiger partial charge in [0.15, 0.2) is 5.16 Å². The molecule has 1 aromatic heterocycles. The summed E-state index contributed by atoms with van der Waals surface area (Å²) in [6.45, 7) is 3.92. The second kappa shape index (κ2) is 8.15. The van der Waals surface area contributed by atoms with E-state index in [0.29, 0.717) is 18.2 Å². The van der Waals surface area contributed by atoms with E-state index in [9.17, 15) is 4.79 Å². The van der Waals surface area contributed by atoms with E-state index in [1.807, 2.05) is 48.2 Å². The van der Waals surface area contributed by atoms with E-state index in [-0.39, 0.29) is 11.2 Å². The quantitative estimate of drug-likeness (QED) is 0.559. The number of ether oxygens (including phenoxy) is 1. The van der Waals surface area contributed by atoms with E-state index < -0.39 is 0 Å². The molecule has 0 saturated carbocycles. The highest BCUT2D eigenvalue weighted by molar-refractivity contribution is 8.00. The highest BCUT2D eigenvalue weighted by Gasteiger charge is 2.29. The Hall–Kier alpha value is -2.02. The molecule has 1 unspecified atom stereocenters. The summed E-state index contributed by atoms with van der Waals surface area (Å²) in [6, 6.07) is 13.8. The largest absolute Gasteiger partial charge is 0.383 e. The molecule has 0 bridgehead atoms. The molecule has 0 saturated heterocycles. The molecule has 1 aliphatic rings. The summed E-state index contributed by atoms with van der Waals surface area (Å²) in [5.74, 6) is 0.110. The first-order chi connectivity index (χ1) is 13.6. The zero-order valence-electron chi connectivity index (χ0n) is 15.9. The van der Waals surface area contributed by atoms with Crippen molar-refractivity contribution in [3.8, 4) is 0 Å². The van der Waals surface area contributed by atoms with Crippen molar-refractivity contribution in [1.82, 2.24) is 9.55 Å². The number of carbonyl (C=O) groups is 1. The average molecular weight is 416 g/mol. The summed E-state index contributed by atoms with van der Waals surface area (Å²) in [4.78, 5) is 19.8. The van der Waals surface area contributed by atoms with Crippen LogP contribution in [0.3, 0.4) is 0 Å². The normalized spacial score (nSPS) is 14.5. The van der Waals surface area contributed by atoms with Crippen LogP contribution in [0.1, 0.15) is 12.5 Å². The fourth-order valence-electron chi connectivity index (χ4n) is 3.56. The van der Waals surface area contributed by atoms with Crippen LogP contribution in [0.25, 0.3) is 11.0 Å². The number of nitrogens with zero attached hydrogens (tertiary/aromatic N) is 3. The number of hydrogen-bond acceptors (Lipinski definition) is 4. The highest BCUT2D eigenvalue weighted by Crippen LogP contribution is 2.33. The molecule has 3 aromatic rings. The van der Waals surface area contributed by atoms with Crippen LogP contribution in [0.2, 0.25) is 5.02 Å². The topological polar surface area (TPSA) is 47.4 Å². The summed E-state index contributed by atoms with van der Waals surface area (Å²) in [7, 11) is 1.68. The standard InChI is InChI=1S/C21H22ClN3O2S/c1-14(20(26)24-10-9-15-5-3-4-6-18(15)24)28-21-23-17-13-16(22)7-8-19(17)25(21)11-12-27-2/h3-8,13-14H,9-12H2,1-2H3. The van der Waals surface area contributed by atoms with E-state index in [2.05, 4.69) is 10.6 Å². The van der Waals surface area contributed by atoms with Gasteiger partial charge in [-0.25, -0.2) is 4.98 Å². The van der Waals surface area contributed by atoms with Crippen molar-refractivity contribution in [2.24, 2.45) is 0 Å². The molecule has 5 nitrogen and oxygen atoms in total. The van der Waals surface area contributed by atoms with Crippen LogP contribution in [0, 0.1) is 0 Å². The first-order valence-electron chi connectivity index (χ1n) is 9.29. The van der Waals surface area contributed by atoms with Gasteiger partial charge in [0.2, 0.25) is 5.91 Å². The Morgan fingerprint density at radius 2 is 2.14 bits per heavy atom. The lowest BCUT2D eigenvalue weighted by Crippen LogP contribution is -2.35. The number of fused-ring (bicyclic) bond motifs is 2. The molecular formula is C21H22ClN3O2S. The van der Waals surface area contributed by atoms with Crippen molar-refractivity contribution >= 4 is 46.0 Å². The van der Waals surface area contributed by atoms with Gasteiger partial charge >= 0.3 is 0 Å². The molecule has 0 N–H and O–H groups in total. The van der Waals surface area contributed by atoms with Crippen LogP contribution >= 0.6 is 23.4 Å². The van der Waals surface area contributed by atoms with Gasteiger partial charge < -0.3 is 14.2 Å². The Bertz CT molecular complexity index is 1020. The molecule has 1 aliphatic heterocycles. The molecule has 0 spiro atoms. The van der Waals surface area contributed by atoms with Crippen LogP contribution in [0.15, 0.2) is 47.6 Å². The van der Waals surface area contributed by atoms with Crippen LogP contribution < -0.4 is 4.90 Å². The zero-order chi connectivity index (χ0) is 19.7. The number of anilines is 1. The minimum Gasteiger partial charge on any atom is -0.383 e. The number of aromatic nitrogens is 2. The molecule has 4 rings (SSSR count). The maximum Gasteiger partial charge on any atom is 0.240 e. The molecule has 1 amide bonds. The fraction of sp³-hybridized carbons (Fsp3) is 0.333. The third-order valence-corrected chi connectivity index (χ3v) is 6.29. The molecule has 0 aliphatic carbocycles. The fourth-order valence-corrected chi connectivity index (χ4v) is 4.74. The van der Waals surface area contributed by atoms with Crippen molar-refractivity contribution < 1.29 is 9.53 Å². The van der Waals surface area contributed by atoms with Crippen LogP contribution in [0.4, 0.5) is 5.69 Å². The van der Waals surface area contributed by atoms with E-state index in [0.717, 1.165) is 34.8 Å². The molecule has 0 radical (unpaired) electrons. The summed E-state index contributed by atoms with van der Waals surface area (Å²) in [6.07, 6.45) is 0.907. The van der Waals surface area contributed by atoms with Gasteiger partial charge in [0.1, 0.15) is 0 Å². The highest BCUT2D eigenvalue weighted by atomic mass is 35.5. The summed E-state index contributed by atoms with van der Waals surface area (Å²) in [5.41, 5.74) is 4.09. The third kappa shape index (κ3) is 3.64. The molecule has 146 valence electrons. The van der Waals surface area contributed by atoms with Crippen LogP contribution in [-0.2, 0) is 22.5 Å². The number of benzene rings is 2. The van der Waals surface area contributed by atoms with Crippen molar-refractivity contribution in [1.29, 1.82) is 0 Å². The van der Waals surface area contributed by atoms with Gasteiger partial charge in [-0.1, -0.05) is 41.6 Å². The lowest BCUT2D eigenvalue weighted by atomic mass is 10.2. The summed E-state index contributed by atoms with van der Waals surface area (Å²) >= 11 is 7.62. The molecule has 1 atom stereocenters. The van der Waals surface area contributed by atoms with Crippen LogP contribution in [-0.4, -0.2) is 41.0 Å². The number of imidazole rings is 1. The molecular weight excluding hydrogens is 394 g/mol. The molecule has 2 heterocycles.